The number of hydroxylamine groups is 1. The van der Waals surface area contributed by atoms with E-state index >= 15 is 0 Å². The number of amides is 1. The number of hydrogen-bond donors (Lipinski definition) is 3. The van der Waals surface area contributed by atoms with E-state index in [1.165, 1.54) is 23.7 Å². The third kappa shape index (κ3) is 4.91. The van der Waals surface area contributed by atoms with Gasteiger partial charge < -0.3 is 5.11 Å². The summed E-state index contributed by atoms with van der Waals surface area (Å²) in [5, 5.41) is 18.8. The molecule has 1 aromatic heterocycles. The van der Waals surface area contributed by atoms with Crippen LogP contribution in [0.1, 0.15) is 37.3 Å². The quantitative estimate of drug-likeness (QED) is 0.344. The van der Waals surface area contributed by atoms with Crippen molar-refractivity contribution in [2.75, 3.05) is 12.9 Å². The third-order valence-electron chi connectivity index (χ3n) is 5.90. The van der Waals surface area contributed by atoms with E-state index in [4.69, 9.17) is 5.21 Å². The predicted octanol–water partition coefficient (Wildman–Crippen LogP) is 1.91. The number of benzene rings is 1. The standard InChI is InChI=1S/C22H24N2O5S2/c1-21(13-16(21)14-25)10-5-4-6-15-7-8-17-18(12-15)30-19(23-17)9-11-22(2,20(26)24-27)31(3,28)29/h7-8,12,16,25,27H,9,11,13-14H2,1-3H3,(H,24,26)/t16-,21+,22?/m0/s1. The molecule has 7 nitrogen and oxygen atoms in total. The lowest BCUT2D eigenvalue weighted by atomic mass is 10.0. The van der Waals surface area contributed by atoms with Gasteiger partial charge in [0.1, 0.15) is 4.75 Å². The van der Waals surface area contributed by atoms with Crippen molar-refractivity contribution < 1.29 is 23.5 Å². The second kappa shape index (κ2) is 8.60. The number of thiazole rings is 1. The van der Waals surface area contributed by atoms with E-state index in [1.807, 2.05) is 25.1 Å². The topological polar surface area (TPSA) is 117 Å². The van der Waals surface area contributed by atoms with Gasteiger partial charge in [-0.2, -0.15) is 0 Å². The molecule has 1 unspecified atom stereocenters. The molecule has 0 saturated heterocycles. The van der Waals surface area contributed by atoms with Crippen LogP contribution in [0.4, 0.5) is 0 Å². The fraction of sp³-hybridized carbons (Fsp3) is 0.455. The first-order chi connectivity index (χ1) is 14.5. The third-order valence-corrected chi connectivity index (χ3v) is 9.00. The Morgan fingerprint density at radius 1 is 1.42 bits per heavy atom. The van der Waals surface area contributed by atoms with E-state index in [2.05, 4.69) is 28.7 Å². The number of nitrogens with zero attached hydrogens (tertiary/aromatic N) is 1. The lowest BCUT2D eigenvalue weighted by Crippen LogP contribution is -2.49. The second-order valence-corrected chi connectivity index (χ2v) is 11.8. The summed E-state index contributed by atoms with van der Waals surface area (Å²) in [7, 11) is -3.75. The summed E-state index contributed by atoms with van der Waals surface area (Å²) in [4.78, 5) is 16.5. The van der Waals surface area contributed by atoms with E-state index < -0.39 is 20.5 Å². The number of carbonyl (C=O) groups is 1. The number of sulfone groups is 1. The van der Waals surface area contributed by atoms with Gasteiger partial charge in [-0.05, 0) is 62.6 Å². The Balaban J connectivity index is 1.74. The van der Waals surface area contributed by atoms with E-state index in [0.29, 0.717) is 5.01 Å². The van der Waals surface area contributed by atoms with Gasteiger partial charge in [-0.15, -0.1) is 11.3 Å². The Bertz CT molecular complexity index is 1250. The first-order valence-electron chi connectivity index (χ1n) is 9.70. The van der Waals surface area contributed by atoms with Crippen LogP contribution in [0.25, 0.3) is 10.2 Å². The Morgan fingerprint density at radius 3 is 2.77 bits per heavy atom. The SMILES string of the molecule is CC(CCc1nc2ccc(C#CC#C[C@]3(C)C[C@H]3CO)cc2s1)(C(=O)NO)S(C)(=O)=O. The number of nitrogens with one attached hydrogen (secondary N) is 1. The first kappa shape index (κ1) is 23.2. The van der Waals surface area contributed by atoms with E-state index in [9.17, 15) is 18.3 Å². The fourth-order valence-electron chi connectivity index (χ4n) is 3.24. The molecular formula is C22H24N2O5S2. The lowest BCUT2D eigenvalue weighted by molar-refractivity contribution is -0.131. The lowest BCUT2D eigenvalue weighted by Gasteiger charge is -2.24. The number of rotatable bonds is 6. The van der Waals surface area contributed by atoms with E-state index in [-0.39, 0.29) is 30.8 Å². The van der Waals surface area contributed by atoms with Crippen LogP contribution in [-0.2, 0) is 21.1 Å². The van der Waals surface area contributed by atoms with E-state index in [0.717, 1.165) is 28.5 Å². The Hall–Kier alpha value is -2.43. The molecule has 1 aromatic carbocycles. The summed E-state index contributed by atoms with van der Waals surface area (Å²) in [5.74, 6) is 11.1. The number of hydrogen-bond acceptors (Lipinski definition) is 7. The molecule has 0 spiro atoms. The molecule has 9 heteroatoms. The van der Waals surface area contributed by atoms with Crippen molar-refractivity contribution in [2.24, 2.45) is 11.3 Å². The minimum Gasteiger partial charge on any atom is -0.396 e. The maximum atomic E-state index is 12.1. The summed E-state index contributed by atoms with van der Waals surface area (Å²) in [6.45, 7) is 3.46. The first-order valence-corrected chi connectivity index (χ1v) is 12.4. The Kier molecular flexibility index (Phi) is 6.45. The average molecular weight is 461 g/mol. The second-order valence-electron chi connectivity index (χ2n) is 8.24. The van der Waals surface area contributed by atoms with Crippen LogP contribution in [0.15, 0.2) is 18.2 Å². The minimum absolute atomic E-state index is 0.00605. The molecule has 1 heterocycles. The van der Waals surface area contributed by atoms with Crippen molar-refractivity contribution >= 4 is 37.3 Å². The normalized spacial score (nSPS) is 21.9. The number of fused-ring (bicyclic) bond motifs is 1. The van der Waals surface area contributed by atoms with Gasteiger partial charge in [0.05, 0.1) is 15.2 Å². The van der Waals surface area contributed by atoms with Crippen molar-refractivity contribution in [1.29, 1.82) is 0 Å². The highest BCUT2D eigenvalue weighted by Gasteiger charge is 2.48. The highest BCUT2D eigenvalue weighted by molar-refractivity contribution is 7.92. The van der Waals surface area contributed by atoms with Crippen LogP contribution in [0.2, 0.25) is 0 Å². The molecule has 31 heavy (non-hydrogen) atoms. The average Bonchev–Trinajstić information content (AvgIpc) is 3.20. The molecule has 1 fully saturated rings. The summed E-state index contributed by atoms with van der Waals surface area (Å²) in [6.07, 6.45) is 2.13. The van der Waals surface area contributed by atoms with Gasteiger partial charge in [-0.3, -0.25) is 10.0 Å². The summed E-state index contributed by atoms with van der Waals surface area (Å²) >= 11 is 1.41. The zero-order valence-electron chi connectivity index (χ0n) is 17.5. The summed E-state index contributed by atoms with van der Waals surface area (Å²) in [6, 6.07) is 5.58. The molecule has 0 aliphatic heterocycles. The van der Waals surface area contributed by atoms with Gasteiger partial charge in [0.15, 0.2) is 9.84 Å². The number of aliphatic hydroxyl groups is 1. The molecule has 2 aromatic rings. The number of aromatic nitrogens is 1. The highest BCUT2D eigenvalue weighted by Crippen LogP contribution is 2.51. The molecule has 1 saturated carbocycles. The maximum absolute atomic E-state index is 12.1. The van der Waals surface area contributed by atoms with Crippen molar-refractivity contribution in [1.82, 2.24) is 10.5 Å². The Labute approximate surface area is 185 Å². The summed E-state index contributed by atoms with van der Waals surface area (Å²) < 4.78 is 23.3. The van der Waals surface area contributed by atoms with Crippen molar-refractivity contribution in [3.63, 3.8) is 0 Å². The van der Waals surface area contributed by atoms with Gasteiger partial charge in [0.2, 0.25) is 0 Å². The zero-order chi connectivity index (χ0) is 22.9. The minimum atomic E-state index is -3.75. The number of aryl methyl sites for hydroxylation is 1. The number of carbonyl (C=O) groups excluding carboxylic acids is 1. The van der Waals surface area contributed by atoms with Crippen LogP contribution < -0.4 is 5.48 Å². The molecule has 1 amide bonds. The molecule has 0 radical (unpaired) electrons. The maximum Gasteiger partial charge on any atom is 0.264 e. The molecule has 3 N–H and O–H groups in total. The van der Waals surface area contributed by atoms with Crippen LogP contribution in [-0.4, -0.2) is 47.2 Å². The summed E-state index contributed by atoms with van der Waals surface area (Å²) in [5.41, 5.74) is 2.87. The van der Waals surface area contributed by atoms with Gasteiger partial charge >= 0.3 is 0 Å². The largest absolute Gasteiger partial charge is 0.396 e. The predicted molar refractivity (Wildman–Crippen MR) is 119 cm³/mol. The van der Waals surface area contributed by atoms with Crippen molar-refractivity contribution in [3.8, 4) is 23.7 Å². The zero-order valence-corrected chi connectivity index (χ0v) is 19.2. The van der Waals surface area contributed by atoms with Crippen molar-refractivity contribution in [2.45, 2.75) is 37.9 Å². The smallest absolute Gasteiger partial charge is 0.264 e. The van der Waals surface area contributed by atoms with Gasteiger partial charge in [-0.1, -0.05) is 11.8 Å². The molecule has 1 aliphatic rings. The molecule has 1 aliphatic carbocycles. The van der Waals surface area contributed by atoms with Crippen LogP contribution in [0.5, 0.6) is 0 Å². The highest BCUT2D eigenvalue weighted by atomic mass is 32.2. The monoisotopic (exact) mass is 460 g/mol. The molecule has 0 bridgehead atoms. The molecular weight excluding hydrogens is 436 g/mol. The van der Waals surface area contributed by atoms with Crippen LogP contribution >= 0.6 is 11.3 Å². The molecule has 3 atom stereocenters. The van der Waals surface area contributed by atoms with Gasteiger partial charge in [0, 0.05) is 30.3 Å². The van der Waals surface area contributed by atoms with Crippen LogP contribution in [0.3, 0.4) is 0 Å². The fourth-order valence-corrected chi connectivity index (χ4v) is 5.10. The Morgan fingerprint density at radius 2 is 2.16 bits per heavy atom. The van der Waals surface area contributed by atoms with Crippen LogP contribution in [0, 0.1) is 35.0 Å². The molecule has 3 rings (SSSR count). The van der Waals surface area contributed by atoms with Gasteiger partial charge in [-0.25, -0.2) is 18.9 Å². The molecule has 164 valence electrons. The van der Waals surface area contributed by atoms with Crippen molar-refractivity contribution in [3.05, 3.63) is 28.8 Å². The van der Waals surface area contributed by atoms with E-state index in [1.54, 1.807) is 0 Å². The van der Waals surface area contributed by atoms with Gasteiger partial charge in [0.25, 0.3) is 5.91 Å². The number of aliphatic hydroxyl groups excluding tert-OH is 1.